The summed E-state index contributed by atoms with van der Waals surface area (Å²) in [4.78, 5) is 0. The second kappa shape index (κ2) is 13.8. The van der Waals surface area contributed by atoms with E-state index in [9.17, 15) is 0 Å². The van der Waals surface area contributed by atoms with Gasteiger partial charge in [0.05, 0.1) is 0 Å². The first-order valence-electron chi connectivity index (χ1n) is 6.20. The SMILES string of the molecule is C1CCOC1.CCC[CH2][Sn][CH2]CCC. The molecule has 1 aliphatic rings. The van der Waals surface area contributed by atoms with E-state index in [-0.39, 0.29) is 21.1 Å². The Balaban J connectivity index is 0.000000280. The third kappa shape index (κ3) is 12.8. The Kier molecular flexibility index (Phi) is 14.5. The van der Waals surface area contributed by atoms with Crippen LogP contribution in [0.3, 0.4) is 0 Å². The van der Waals surface area contributed by atoms with E-state index >= 15 is 0 Å². The Morgan fingerprint density at radius 2 is 1.43 bits per heavy atom. The van der Waals surface area contributed by atoms with E-state index in [0.29, 0.717) is 0 Å². The van der Waals surface area contributed by atoms with Crippen LogP contribution in [0.1, 0.15) is 52.4 Å². The van der Waals surface area contributed by atoms with E-state index < -0.39 is 0 Å². The molecule has 0 N–H and O–H groups in total. The van der Waals surface area contributed by atoms with Gasteiger partial charge in [0.1, 0.15) is 0 Å². The average Bonchev–Trinajstić information content (AvgIpc) is 2.76. The van der Waals surface area contributed by atoms with Crippen LogP contribution in [0, 0.1) is 0 Å². The molecule has 0 aromatic carbocycles. The Labute approximate surface area is 100 Å². The van der Waals surface area contributed by atoms with Crippen LogP contribution >= 0.6 is 0 Å². The molecule has 0 saturated carbocycles. The quantitative estimate of drug-likeness (QED) is 0.534. The summed E-state index contributed by atoms with van der Waals surface area (Å²) < 4.78 is 8.19. The third-order valence-corrected chi connectivity index (χ3v) is 6.28. The van der Waals surface area contributed by atoms with Crippen molar-refractivity contribution in [1.29, 1.82) is 0 Å². The minimum atomic E-state index is 0.149. The number of unbranched alkanes of at least 4 members (excludes halogenated alkanes) is 2. The maximum atomic E-state index is 4.94. The molecule has 1 nitrogen and oxygen atoms in total. The van der Waals surface area contributed by atoms with E-state index in [1.807, 2.05) is 0 Å². The zero-order chi connectivity index (χ0) is 10.5. The predicted molar refractivity (Wildman–Crippen MR) is 65.2 cm³/mol. The Hall–Kier alpha value is 0.759. The van der Waals surface area contributed by atoms with Crippen molar-refractivity contribution in [2.24, 2.45) is 0 Å². The van der Waals surface area contributed by atoms with Crippen LogP contribution in [-0.2, 0) is 4.74 Å². The molecule has 1 fully saturated rings. The van der Waals surface area contributed by atoms with E-state index in [4.69, 9.17) is 4.74 Å². The van der Waals surface area contributed by atoms with Crippen LogP contribution in [0.25, 0.3) is 0 Å². The van der Waals surface area contributed by atoms with Crippen LogP contribution in [0.4, 0.5) is 0 Å². The van der Waals surface area contributed by atoms with Gasteiger partial charge in [-0.1, -0.05) is 0 Å². The second-order valence-electron chi connectivity index (χ2n) is 3.78. The monoisotopic (exact) mass is 306 g/mol. The van der Waals surface area contributed by atoms with Crippen molar-refractivity contribution in [2.45, 2.75) is 61.2 Å². The molecule has 2 heteroatoms. The topological polar surface area (TPSA) is 9.23 Å². The molecular weight excluding hydrogens is 279 g/mol. The summed E-state index contributed by atoms with van der Waals surface area (Å²) in [6.45, 7) is 6.58. The Morgan fingerprint density at radius 1 is 0.929 bits per heavy atom. The summed E-state index contributed by atoms with van der Waals surface area (Å²) in [7, 11) is 0. The van der Waals surface area contributed by atoms with Gasteiger partial charge in [-0.05, 0) is 12.8 Å². The van der Waals surface area contributed by atoms with Gasteiger partial charge in [-0.2, -0.15) is 0 Å². The number of rotatable bonds is 6. The summed E-state index contributed by atoms with van der Waals surface area (Å²) in [5.41, 5.74) is 0. The summed E-state index contributed by atoms with van der Waals surface area (Å²) in [6.07, 6.45) is 8.39. The summed E-state index contributed by atoms with van der Waals surface area (Å²) in [6, 6.07) is 0. The molecule has 0 aromatic heterocycles. The molecule has 84 valence electrons. The minimum absolute atomic E-state index is 0.149. The predicted octanol–water partition coefficient (Wildman–Crippen LogP) is 3.92. The fourth-order valence-corrected chi connectivity index (χ4v) is 5.40. The first-order chi connectivity index (χ1) is 6.91. The molecule has 1 aliphatic heterocycles. The Bertz CT molecular complexity index is 78.7. The molecule has 14 heavy (non-hydrogen) atoms. The molecule has 2 radical (unpaired) electrons. The molecular formula is C12H26OSn. The van der Waals surface area contributed by atoms with Crippen LogP contribution in [0.5, 0.6) is 0 Å². The van der Waals surface area contributed by atoms with E-state index in [0.717, 1.165) is 13.2 Å². The van der Waals surface area contributed by atoms with Crippen molar-refractivity contribution in [1.82, 2.24) is 0 Å². The molecule has 1 saturated heterocycles. The van der Waals surface area contributed by atoms with Gasteiger partial charge in [0.25, 0.3) is 0 Å². The molecule has 0 amide bonds. The van der Waals surface area contributed by atoms with Crippen molar-refractivity contribution >= 4 is 21.1 Å². The molecule has 0 bridgehead atoms. The molecule has 0 spiro atoms. The molecule has 1 rings (SSSR count). The van der Waals surface area contributed by atoms with Gasteiger partial charge in [0.15, 0.2) is 0 Å². The zero-order valence-electron chi connectivity index (χ0n) is 9.98. The molecule has 1 heterocycles. The van der Waals surface area contributed by atoms with Gasteiger partial charge in [0, 0.05) is 13.2 Å². The van der Waals surface area contributed by atoms with Crippen LogP contribution < -0.4 is 0 Å². The van der Waals surface area contributed by atoms with Crippen molar-refractivity contribution in [2.75, 3.05) is 13.2 Å². The molecule has 0 unspecified atom stereocenters. The number of ether oxygens (including phenoxy) is 1. The van der Waals surface area contributed by atoms with Gasteiger partial charge in [0.2, 0.25) is 0 Å². The fraction of sp³-hybridized carbons (Fsp3) is 1.00. The van der Waals surface area contributed by atoms with Gasteiger partial charge in [-0.15, -0.1) is 0 Å². The van der Waals surface area contributed by atoms with Crippen molar-refractivity contribution in [3.8, 4) is 0 Å². The Morgan fingerprint density at radius 3 is 1.71 bits per heavy atom. The summed E-state index contributed by atoms with van der Waals surface area (Å²) in [5.74, 6) is 0. The van der Waals surface area contributed by atoms with Crippen LogP contribution in [0.15, 0.2) is 0 Å². The summed E-state index contributed by atoms with van der Waals surface area (Å²) in [5, 5.41) is 0. The van der Waals surface area contributed by atoms with Crippen LogP contribution in [0.2, 0.25) is 8.87 Å². The summed E-state index contributed by atoms with van der Waals surface area (Å²) >= 11 is 0.149. The average molecular weight is 305 g/mol. The normalized spacial score (nSPS) is 15.0. The zero-order valence-corrected chi connectivity index (χ0v) is 12.8. The molecule has 0 aliphatic carbocycles. The number of hydrogen-bond acceptors (Lipinski definition) is 1. The van der Waals surface area contributed by atoms with Crippen molar-refractivity contribution in [3.05, 3.63) is 0 Å². The van der Waals surface area contributed by atoms with Gasteiger partial charge in [-0.25, -0.2) is 0 Å². The fourth-order valence-electron chi connectivity index (χ4n) is 1.24. The number of hydrogen-bond donors (Lipinski definition) is 0. The van der Waals surface area contributed by atoms with Crippen molar-refractivity contribution < 1.29 is 4.74 Å². The van der Waals surface area contributed by atoms with E-state index in [2.05, 4.69) is 13.8 Å². The van der Waals surface area contributed by atoms with Gasteiger partial charge < -0.3 is 4.74 Å². The first kappa shape index (κ1) is 14.8. The molecule has 0 atom stereocenters. The third-order valence-electron chi connectivity index (χ3n) is 2.24. The maximum absolute atomic E-state index is 4.94. The molecule has 0 aromatic rings. The van der Waals surface area contributed by atoms with E-state index in [1.54, 1.807) is 8.87 Å². The standard InChI is InChI=1S/C4H8O.2C4H9.Sn/c1-2-4-5-3-1;2*1-3-4-2;/h1-4H2;2*1,3-4H2,2H3;. The van der Waals surface area contributed by atoms with E-state index in [1.165, 1.54) is 38.5 Å². The van der Waals surface area contributed by atoms with Gasteiger partial charge in [-0.3, -0.25) is 0 Å². The van der Waals surface area contributed by atoms with Crippen LogP contribution in [-0.4, -0.2) is 34.4 Å². The van der Waals surface area contributed by atoms with Crippen molar-refractivity contribution in [3.63, 3.8) is 0 Å². The second-order valence-corrected chi connectivity index (χ2v) is 8.06. The van der Waals surface area contributed by atoms with Gasteiger partial charge >= 0.3 is 69.5 Å². The first-order valence-corrected chi connectivity index (χ1v) is 10.2.